The van der Waals surface area contributed by atoms with Gasteiger partial charge < -0.3 is 15.1 Å². The first-order valence-electron chi connectivity index (χ1n) is 8.63. The van der Waals surface area contributed by atoms with E-state index in [-0.39, 0.29) is 18.3 Å². The number of thiocarbonyl (C=S) groups is 1. The number of carbonyl (C=O) groups is 1. The van der Waals surface area contributed by atoms with Crippen molar-refractivity contribution >= 4 is 63.2 Å². The zero-order valence-electron chi connectivity index (χ0n) is 16.1. The lowest BCUT2D eigenvalue weighted by Crippen LogP contribution is -2.33. The van der Waals surface area contributed by atoms with Crippen LogP contribution in [0.1, 0.15) is 34.6 Å². The summed E-state index contributed by atoms with van der Waals surface area (Å²) >= 11 is 7.12. The van der Waals surface area contributed by atoms with Crippen molar-refractivity contribution in [2.75, 3.05) is 31.5 Å². The molecule has 146 valence electrons. The molecule has 0 unspecified atom stereocenters. The van der Waals surface area contributed by atoms with Gasteiger partial charge in [0.25, 0.3) is 0 Å². The molecule has 0 aromatic heterocycles. The van der Waals surface area contributed by atoms with Crippen molar-refractivity contribution in [3.05, 3.63) is 24.3 Å². The number of hydrogen-bond donors (Lipinski definition) is 1. The standard InChI is InChI=1S/C18H28N4OS2.ClH/c1-6-21(7-2)17(25-18(24)22(8-3)9-4)20-16-12-10-15(11-13-16)19-14(5)23;/h10-13H,6-9H2,1-5H3,(H,19,23);1H/b20-17+;. The summed E-state index contributed by atoms with van der Waals surface area (Å²) in [5.74, 6) is -0.0831. The average Bonchev–Trinajstić information content (AvgIpc) is 2.58. The topological polar surface area (TPSA) is 47.9 Å². The van der Waals surface area contributed by atoms with Crippen molar-refractivity contribution in [2.45, 2.75) is 34.6 Å². The highest BCUT2D eigenvalue weighted by Crippen LogP contribution is 2.22. The van der Waals surface area contributed by atoms with E-state index in [4.69, 9.17) is 17.2 Å². The van der Waals surface area contributed by atoms with Crippen molar-refractivity contribution in [2.24, 2.45) is 4.99 Å². The van der Waals surface area contributed by atoms with E-state index >= 15 is 0 Å². The summed E-state index contributed by atoms with van der Waals surface area (Å²) in [6.45, 7) is 13.4. The van der Waals surface area contributed by atoms with Crippen LogP contribution in [-0.2, 0) is 4.79 Å². The van der Waals surface area contributed by atoms with E-state index in [9.17, 15) is 4.79 Å². The first-order chi connectivity index (χ1) is 11.9. The maximum absolute atomic E-state index is 11.1. The summed E-state index contributed by atoms with van der Waals surface area (Å²) in [5, 5.41) is 3.66. The third-order valence-electron chi connectivity index (χ3n) is 3.65. The van der Waals surface area contributed by atoms with Crippen LogP contribution in [-0.4, -0.2) is 51.4 Å². The van der Waals surface area contributed by atoms with Crippen molar-refractivity contribution < 1.29 is 4.79 Å². The van der Waals surface area contributed by atoms with Gasteiger partial charge in [-0.1, -0.05) is 12.2 Å². The molecule has 1 amide bonds. The predicted molar refractivity (Wildman–Crippen MR) is 121 cm³/mol. The molecular formula is C18H29ClN4OS2. The molecule has 8 heteroatoms. The van der Waals surface area contributed by atoms with Gasteiger partial charge in [0.15, 0.2) is 5.17 Å². The summed E-state index contributed by atoms with van der Waals surface area (Å²) in [7, 11) is 0. The molecule has 0 aliphatic heterocycles. The van der Waals surface area contributed by atoms with Crippen molar-refractivity contribution in [1.82, 2.24) is 9.80 Å². The second-order valence-corrected chi connectivity index (χ2v) is 6.94. The fraction of sp³-hybridized carbons (Fsp3) is 0.500. The Hall–Kier alpha value is -1.31. The van der Waals surface area contributed by atoms with Crippen molar-refractivity contribution in [1.29, 1.82) is 0 Å². The molecule has 0 radical (unpaired) electrons. The SMILES string of the molecule is CCN(CC)C(=S)S/C(=N/c1ccc(NC(C)=O)cc1)N(CC)CC.Cl. The van der Waals surface area contributed by atoms with E-state index in [2.05, 4.69) is 42.8 Å². The Balaban J connectivity index is 0.00000625. The van der Waals surface area contributed by atoms with Gasteiger partial charge >= 0.3 is 0 Å². The van der Waals surface area contributed by atoms with Crippen LogP contribution in [0, 0.1) is 0 Å². The highest BCUT2D eigenvalue weighted by Gasteiger charge is 2.15. The van der Waals surface area contributed by atoms with E-state index < -0.39 is 0 Å². The number of rotatable bonds is 6. The van der Waals surface area contributed by atoms with E-state index in [0.717, 1.165) is 47.0 Å². The maximum atomic E-state index is 11.1. The lowest BCUT2D eigenvalue weighted by molar-refractivity contribution is -0.114. The van der Waals surface area contributed by atoms with Crippen LogP contribution in [0.15, 0.2) is 29.3 Å². The third-order valence-corrected chi connectivity index (χ3v) is 5.12. The number of aliphatic imine (C=N–C) groups is 1. The Morgan fingerprint density at radius 2 is 1.54 bits per heavy atom. The molecule has 0 aliphatic rings. The number of nitrogens with zero attached hydrogens (tertiary/aromatic N) is 3. The lowest BCUT2D eigenvalue weighted by atomic mass is 10.3. The molecule has 0 aliphatic carbocycles. The number of nitrogens with one attached hydrogen (secondary N) is 1. The first-order valence-corrected chi connectivity index (χ1v) is 9.85. The van der Waals surface area contributed by atoms with Gasteiger partial charge in [0.05, 0.1) is 5.69 Å². The van der Waals surface area contributed by atoms with Crippen LogP contribution in [0.3, 0.4) is 0 Å². The maximum Gasteiger partial charge on any atom is 0.221 e. The Bertz CT molecular complexity index is 600. The number of thioether (sulfide) groups is 1. The quantitative estimate of drug-likeness (QED) is 0.411. The molecule has 1 rings (SSSR count). The molecule has 0 bridgehead atoms. The summed E-state index contributed by atoms with van der Waals surface area (Å²) < 4.78 is 0.838. The molecule has 0 saturated carbocycles. The van der Waals surface area contributed by atoms with Crippen molar-refractivity contribution in [3.8, 4) is 0 Å². The number of halogens is 1. The lowest BCUT2D eigenvalue weighted by Gasteiger charge is -2.26. The van der Waals surface area contributed by atoms with Gasteiger partial charge in [-0.25, -0.2) is 4.99 Å². The number of carbonyl (C=O) groups excluding carboxylic acids is 1. The van der Waals surface area contributed by atoms with Crippen LogP contribution in [0.5, 0.6) is 0 Å². The Labute approximate surface area is 173 Å². The minimum Gasteiger partial charge on any atom is -0.358 e. The Morgan fingerprint density at radius 1 is 1.04 bits per heavy atom. The van der Waals surface area contributed by atoms with Gasteiger partial charge in [-0.05, 0) is 63.7 Å². The van der Waals surface area contributed by atoms with E-state index in [1.165, 1.54) is 18.7 Å². The molecule has 0 fully saturated rings. The molecule has 26 heavy (non-hydrogen) atoms. The number of amides is 1. The average molecular weight is 417 g/mol. The number of benzene rings is 1. The third kappa shape index (κ3) is 7.93. The Morgan fingerprint density at radius 3 is 1.96 bits per heavy atom. The molecule has 0 spiro atoms. The van der Waals surface area contributed by atoms with Gasteiger partial charge in [0.1, 0.15) is 4.32 Å². The van der Waals surface area contributed by atoms with E-state index in [1.54, 1.807) is 0 Å². The predicted octanol–water partition coefficient (Wildman–Crippen LogP) is 4.76. The van der Waals surface area contributed by atoms with Gasteiger partial charge in [0, 0.05) is 38.8 Å². The van der Waals surface area contributed by atoms with E-state index in [0.29, 0.717) is 0 Å². The van der Waals surface area contributed by atoms with Crippen molar-refractivity contribution in [3.63, 3.8) is 0 Å². The van der Waals surface area contributed by atoms with E-state index in [1.807, 2.05) is 24.3 Å². The molecular weight excluding hydrogens is 388 g/mol. The normalized spacial score (nSPS) is 10.7. The molecule has 1 aromatic carbocycles. The summed E-state index contributed by atoms with van der Waals surface area (Å²) in [4.78, 5) is 20.3. The fourth-order valence-electron chi connectivity index (χ4n) is 2.21. The molecule has 1 N–H and O–H groups in total. The zero-order chi connectivity index (χ0) is 18.8. The minimum atomic E-state index is -0.0831. The summed E-state index contributed by atoms with van der Waals surface area (Å²) in [6, 6.07) is 7.51. The molecule has 5 nitrogen and oxygen atoms in total. The molecule has 0 saturated heterocycles. The van der Waals surface area contributed by atoms with Crippen LogP contribution in [0.2, 0.25) is 0 Å². The fourth-order valence-corrected chi connectivity index (χ4v) is 3.77. The molecule has 0 heterocycles. The highest BCUT2D eigenvalue weighted by atomic mass is 35.5. The van der Waals surface area contributed by atoms with Gasteiger partial charge in [-0.2, -0.15) is 0 Å². The van der Waals surface area contributed by atoms with Crippen LogP contribution < -0.4 is 5.32 Å². The monoisotopic (exact) mass is 416 g/mol. The summed E-state index contributed by atoms with van der Waals surface area (Å²) in [5.41, 5.74) is 1.60. The minimum absolute atomic E-state index is 0. The summed E-state index contributed by atoms with van der Waals surface area (Å²) in [6.07, 6.45) is 0. The van der Waals surface area contributed by atoms with Crippen LogP contribution in [0.25, 0.3) is 0 Å². The first kappa shape index (κ1) is 24.7. The number of amidine groups is 1. The van der Waals surface area contributed by atoms with Crippen LogP contribution >= 0.6 is 36.4 Å². The largest absolute Gasteiger partial charge is 0.358 e. The number of anilines is 1. The molecule has 1 aromatic rings. The highest BCUT2D eigenvalue weighted by molar-refractivity contribution is 8.32. The number of hydrogen-bond acceptors (Lipinski definition) is 4. The molecule has 0 atom stereocenters. The van der Waals surface area contributed by atoms with Crippen LogP contribution in [0.4, 0.5) is 11.4 Å². The van der Waals surface area contributed by atoms with Gasteiger partial charge in [0.2, 0.25) is 5.91 Å². The smallest absolute Gasteiger partial charge is 0.221 e. The second kappa shape index (κ2) is 12.9. The van der Waals surface area contributed by atoms with Gasteiger partial charge in [-0.3, -0.25) is 4.79 Å². The Kier molecular flexibility index (Phi) is 12.3. The zero-order valence-corrected chi connectivity index (χ0v) is 18.6. The second-order valence-electron chi connectivity index (χ2n) is 5.33. The van der Waals surface area contributed by atoms with Gasteiger partial charge in [-0.15, -0.1) is 12.4 Å².